The highest BCUT2D eigenvalue weighted by Gasteiger charge is 2.10. The third-order valence-electron chi connectivity index (χ3n) is 2.21. The van der Waals surface area contributed by atoms with Crippen molar-refractivity contribution in [3.8, 4) is 11.5 Å². The molecule has 0 saturated heterocycles. The molecule has 86 valence electrons. The topological polar surface area (TPSA) is 52.3 Å². The molecule has 0 unspecified atom stereocenters. The van der Waals surface area contributed by atoms with E-state index >= 15 is 0 Å². The van der Waals surface area contributed by atoms with E-state index in [0.29, 0.717) is 22.1 Å². The molecule has 0 aliphatic rings. The zero-order valence-electron chi connectivity index (χ0n) is 8.89. The van der Waals surface area contributed by atoms with Crippen molar-refractivity contribution in [2.45, 2.75) is 0 Å². The van der Waals surface area contributed by atoms with Crippen LogP contribution in [-0.2, 0) is 0 Å². The molecule has 0 spiro atoms. The van der Waals surface area contributed by atoms with Gasteiger partial charge in [-0.3, -0.25) is 4.79 Å². The van der Waals surface area contributed by atoms with E-state index in [1.165, 1.54) is 0 Å². The standard InChI is InChI=1S/C13H10ClNO2/c14-10-6-2-4-8-12(10)17-11-7-3-1-5-9(11)13(15)16/h1-8H,(H2,15,16). The third-order valence-corrected chi connectivity index (χ3v) is 2.52. The van der Waals surface area contributed by atoms with Crippen molar-refractivity contribution in [1.82, 2.24) is 0 Å². The molecular formula is C13H10ClNO2. The number of carbonyl (C=O) groups excluding carboxylic acids is 1. The summed E-state index contributed by atoms with van der Waals surface area (Å²) in [5, 5.41) is 0.478. The summed E-state index contributed by atoms with van der Waals surface area (Å²) >= 11 is 5.96. The Morgan fingerprint density at radius 2 is 1.59 bits per heavy atom. The molecule has 2 N–H and O–H groups in total. The van der Waals surface area contributed by atoms with Gasteiger partial charge >= 0.3 is 0 Å². The van der Waals surface area contributed by atoms with Crippen LogP contribution < -0.4 is 10.5 Å². The molecule has 2 aromatic rings. The first-order valence-corrected chi connectivity index (χ1v) is 5.37. The molecule has 1 amide bonds. The first-order chi connectivity index (χ1) is 8.18. The molecule has 2 aromatic carbocycles. The average Bonchev–Trinajstić information content (AvgIpc) is 2.32. The van der Waals surface area contributed by atoms with Crippen LogP contribution in [0, 0.1) is 0 Å². The second-order valence-corrected chi connectivity index (χ2v) is 3.80. The summed E-state index contributed by atoms with van der Waals surface area (Å²) in [4.78, 5) is 11.2. The van der Waals surface area contributed by atoms with Crippen molar-refractivity contribution in [3.63, 3.8) is 0 Å². The lowest BCUT2D eigenvalue weighted by Crippen LogP contribution is -2.11. The molecule has 4 heteroatoms. The Morgan fingerprint density at radius 1 is 1.00 bits per heavy atom. The molecule has 2 rings (SSSR count). The second-order valence-electron chi connectivity index (χ2n) is 3.39. The van der Waals surface area contributed by atoms with Gasteiger partial charge in [-0.05, 0) is 24.3 Å². The van der Waals surface area contributed by atoms with Gasteiger partial charge in [0.05, 0.1) is 10.6 Å². The van der Waals surface area contributed by atoms with Crippen molar-refractivity contribution in [1.29, 1.82) is 0 Å². The lowest BCUT2D eigenvalue weighted by Gasteiger charge is -2.09. The van der Waals surface area contributed by atoms with Gasteiger partial charge in [-0.2, -0.15) is 0 Å². The normalized spacial score (nSPS) is 9.94. The molecule has 17 heavy (non-hydrogen) atoms. The Morgan fingerprint density at radius 3 is 2.24 bits per heavy atom. The van der Waals surface area contributed by atoms with Crippen LogP contribution in [0.2, 0.25) is 5.02 Å². The first-order valence-electron chi connectivity index (χ1n) is 4.99. The number of primary amides is 1. The highest BCUT2D eigenvalue weighted by Crippen LogP contribution is 2.30. The number of nitrogens with two attached hydrogens (primary N) is 1. The SMILES string of the molecule is NC(=O)c1ccccc1Oc1ccccc1Cl. The zero-order valence-corrected chi connectivity index (χ0v) is 9.65. The molecular weight excluding hydrogens is 238 g/mol. The van der Waals surface area contributed by atoms with Crippen LogP contribution in [0.25, 0.3) is 0 Å². The van der Waals surface area contributed by atoms with Gasteiger partial charge in [0, 0.05) is 0 Å². The Hall–Kier alpha value is -2.00. The lowest BCUT2D eigenvalue weighted by atomic mass is 10.2. The summed E-state index contributed by atoms with van der Waals surface area (Å²) < 4.78 is 5.57. The fourth-order valence-corrected chi connectivity index (χ4v) is 1.58. The van der Waals surface area contributed by atoms with E-state index in [9.17, 15) is 4.79 Å². The molecule has 0 aliphatic heterocycles. The Labute approximate surface area is 104 Å². The van der Waals surface area contributed by atoms with Gasteiger partial charge in [-0.25, -0.2) is 0 Å². The van der Waals surface area contributed by atoms with Gasteiger partial charge in [-0.1, -0.05) is 35.9 Å². The molecule has 0 bridgehead atoms. The number of para-hydroxylation sites is 2. The van der Waals surface area contributed by atoms with Gasteiger partial charge in [0.15, 0.2) is 0 Å². The summed E-state index contributed by atoms with van der Waals surface area (Å²) in [6.07, 6.45) is 0. The maximum absolute atomic E-state index is 11.2. The number of benzene rings is 2. The summed E-state index contributed by atoms with van der Waals surface area (Å²) in [7, 11) is 0. The third kappa shape index (κ3) is 2.57. The van der Waals surface area contributed by atoms with Crippen molar-refractivity contribution in [3.05, 3.63) is 59.1 Å². The minimum Gasteiger partial charge on any atom is -0.455 e. The number of carbonyl (C=O) groups is 1. The molecule has 0 radical (unpaired) electrons. The molecule has 0 saturated carbocycles. The number of ether oxygens (including phenoxy) is 1. The highest BCUT2D eigenvalue weighted by molar-refractivity contribution is 6.32. The number of hydrogen-bond acceptors (Lipinski definition) is 2. The lowest BCUT2D eigenvalue weighted by molar-refractivity contribution is 0.0998. The highest BCUT2D eigenvalue weighted by atomic mass is 35.5. The predicted molar refractivity (Wildman–Crippen MR) is 66.5 cm³/mol. The fourth-order valence-electron chi connectivity index (χ4n) is 1.41. The maximum atomic E-state index is 11.2. The van der Waals surface area contributed by atoms with Crippen LogP contribution in [-0.4, -0.2) is 5.91 Å². The number of halogens is 1. The molecule has 0 fully saturated rings. The minimum absolute atomic E-state index is 0.326. The number of hydrogen-bond donors (Lipinski definition) is 1. The molecule has 0 aliphatic carbocycles. The number of rotatable bonds is 3. The van der Waals surface area contributed by atoms with E-state index in [-0.39, 0.29) is 0 Å². The van der Waals surface area contributed by atoms with E-state index < -0.39 is 5.91 Å². The quantitative estimate of drug-likeness (QED) is 0.905. The van der Waals surface area contributed by atoms with Crippen LogP contribution >= 0.6 is 11.6 Å². The van der Waals surface area contributed by atoms with Crippen molar-refractivity contribution in [2.24, 2.45) is 5.73 Å². The fraction of sp³-hybridized carbons (Fsp3) is 0. The second kappa shape index (κ2) is 4.89. The minimum atomic E-state index is -0.535. The van der Waals surface area contributed by atoms with Crippen LogP contribution in [0.5, 0.6) is 11.5 Å². The summed E-state index contributed by atoms with van der Waals surface area (Å²) in [5.74, 6) is 0.351. The smallest absolute Gasteiger partial charge is 0.252 e. The largest absolute Gasteiger partial charge is 0.455 e. The Balaban J connectivity index is 2.37. The Kier molecular flexibility index (Phi) is 3.30. The number of amides is 1. The average molecular weight is 248 g/mol. The van der Waals surface area contributed by atoms with Gasteiger partial charge in [0.2, 0.25) is 0 Å². The van der Waals surface area contributed by atoms with Gasteiger partial charge in [0.25, 0.3) is 5.91 Å². The van der Waals surface area contributed by atoms with Crippen molar-refractivity contribution < 1.29 is 9.53 Å². The van der Waals surface area contributed by atoms with Crippen LogP contribution in [0.3, 0.4) is 0 Å². The maximum Gasteiger partial charge on any atom is 0.252 e. The van der Waals surface area contributed by atoms with E-state index in [1.54, 1.807) is 48.5 Å². The van der Waals surface area contributed by atoms with Gasteiger partial charge in [0.1, 0.15) is 11.5 Å². The summed E-state index contributed by atoms with van der Waals surface area (Å²) in [5.41, 5.74) is 5.58. The van der Waals surface area contributed by atoms with Gasteiger partial charge < -0.3 is 10.5 Å². The van der Waals surface area contributed by atoms with E-state index in [4.69, 9.17) is 22.1 Å². The van der Waals surface area contributed by atoms with Gasteiger partial charge in [-0.15, -0.1) is 0 Å². The van der Waals surface area contributed by atoms with Crippen LogP contribution in [0.1, 0.15) is 10.4 Å². The van der Waals surface area contributed by atoms with Crippen molar-refractivity contribution in [2.75, 3.05) is 0 Å². The van der Waals surface area contributed by atoms with Crippen LogP contribution in [0.4, 0.5) is 0 Å². The molecule has 0 heterocycles. The molecule has 0 aromatic heterocycles. The monoisotopic (exact) mass is 247 g/mol. The summed E-state index contributed by atoms with van der Waals surface area (Å²) in [6.45, 7) is 0. The van der Waals surface area contributed by atoms with Crippen LogP contribution in [0.15, 0.2) is 48.5 Å². The zero-order chi connectivity index (χ0) is 12.3. The van der Waals surface area contributed by atoms with E-state index in [0.717, 1.165) is 0 Å². The Bertz CT molecular complexity index is 555. The first kappa shape index (κ1) is 11.5. The summed E-state index contributed by atoms with van der Waals surface area (Å²) in [6, 6.07) is 13.8. The van der Waals surface area contributed by atoms with E-state index in [1.807, 2.05) is 0 Å². The van der Waals surface area contributed by atoms with E-state index in [2.05, 4.69) is 0 Å². The van der Waals surface area contributed by atoms with Crippen molar-refractivity contribution >= 4 is 17.5 Å². The predicted octanol–water partition coefficient (Wildman–Crippen LogP) is 3.23. The molecule has 0 atom stereocenters. The molecule has 3 nitrogen and oxygen atoms in total.